The zero-order valence-corrected chi connectivity index (χ0v) is 18.8. The molecule has 0 amide bonds. The first-order valence-corrected chi connectivity index (χ1v) is 10.4. The quantitative estimate of drug-likeness (QED) is 0.348. The van der Waals surface area contributed by atoms with Crippen molar-refractivity contribution in [3.05, 3.63) is 82.3 Å². The highest BCUT2D eigenvalue weighted by atomic mass is 19.1. The number of halogens is 1. The molecule has 7 nitrogen and oxygen atoms in total. The molecule has 2 aromatic carbocycles. The highest BCUT2D eigenvalue weighted by Gasteiger charge is 2.11. The van der Waals surface area contributed by atoms with Crippen LogP contribution in [0.5, 0.6) is 11.5 Å². The smallest absolute Gasteiger partial charge is 0.164 e. The number of methoxy groups -OCH3 is 1. The van der Waals surface area contributed by atoms with Crippen molar-refractivity contribution in [1.29, 1.82) is 5.26 Å². The Bertz CT molecular complexity index is 1170. The minimum absolute atomic E-state index is 0.215. The summed E-state index contributed by atoms with van der Waals surface area (Å²) < 4.78 is 30.1. The van der Waals surface area contributed by atoms with Crippen molar-refractivity contribution < 1.29 is 18.6 Å². The standard InChI is InChI=1S/C25H25FN4O3/c1-4-32-24-12-18(8-9-23(24)33-15-19-6-5-7-21(26)11-19)14-28-30-25-22(13-27)20(16-31-3)10-17(2)29-25/h5-12,14H,4,15-16H2,1-3H3,(H,29,30)/b28-14-. The fourth-order valence-corrected chi connectivity index (χ4v) is 3.16. The van der Waals surface area contributed by atoms with Crippen LogP contribution in [0.3, 0.4) is 0 Å². The summed E-state index contributed by atoms with van der Waals surface area (Å²) in [4.78, 5) is 4.36. The van der Waals surface area contributed by atoms with Crippen molar-refractivity contribution in [3.8, 4) is 17.6 Å². The van der Waals surface area contributed by atoms with Gasteiger partial charge in [-0.3, -0.25) is 5.43 Å². The van der Waals surface area contributed by atoms with Crippen LogP contribution in [0.2, 0.25) is 0 Å². The fraction of sp³-hybridized carbons (Fsp3) is 0.240. The normalized spacial score (nSPS) is 10.8. The molecule has 0 aliphatic rings. The molecule has 0 fully saturated rings. The van der Waals surface area contributed by atoms with Crippen LogP contribution in [0.25, 0.3) is 0 Å². The van der Waals surface area contributed by atoms with Crippen LogP contribution in [0, 0.1) is 24.1 Å². The molecule has 0 radical (unpaired) electrons. The van der Waals surface area contributed by atoms with Gasteiger partial charge in [0.1, 0.15) is 24.1 Å². The number of anilines is 1. The molecule has 0 aliphatic heterocycles. The Kier molecular flexibility index (Phi) is 8.33. The van der Waals surface area contributed by atoms with Crippen LogP contribution in [-0.2, 0) is 18.0 Å². The number of hydrogen-bond acceptors (Lipinski definition) is 7. The van der Waals surface area contributed by atoms with Crippen LogP contribution in [0.4, 0.5) is 10.2 Å². The number of pyridine rings is 1. The van der Waals surface area contributed by atoms with Crippen molar-refractivity contribution >= 4 is 12.0 Å². The van der Waals surface area contributed by atoms with Crippen molar-refractivity contribution in [2.45, 2.75) is 27.1 Å². The van der Waals surface area contributed by atoms with Crippen LogP contribution in [0.15, 0.2) is 53.6 Å². The van der Waals surface area contributed by atoms with Crippen LogP contribution >= 0.6 is 0 Å². The zero-order chi connectivity index (χ0) is 23.6. The number of hydrazone groups is 1. The Labute approximate surface area is 192 Å². The molecule has 1 heterocycles. The largest absolute Gasteiger partial charge is 0.490 e. The topological polar surface area (TPSA) is 88.8 Å². The molecule has 33 heavy (non-hydrogen) atoms. The van der Waals surface area contributed by atoms with Gasteiger partial charge in [-0.25, -0.2) is 9.37 Å². The lowest BCUT2D eigenvalue weighted by Crippen LogP contribution is -2.04. The SMILES string of the molecule is CCOc1cc(/C=N\Nc2nc(C)cc(COC)c2C#N)ccc1OCc1cccc(F)c1. The van der Waals surface area contributed by atoms with E-state index in [1.165, 1.54) is 12.1 Å². The molecule has 0 bridgehead atoms. The van der Waals surface area contributed by atoms with E-state index in [9.17, 15) is 9.65 Å². The third-order valence-corrected chi connectivity index (χ3v) is 4.58. The van der Waals surface area contributed by atoms with E-state index in [0.29, 0.717) is 36.1 Å². The average molecular weight is 448 g/mol. The number of ether oxygens (including phenoxy) is 3. The summed E-state index contributed by atoms with van der Waals surface area (Å²) in [6.45, 7) is 4.69. The first kappa shape index (κ1) is 23.7. The second-order valence-corrected chi connectivity index (χ2v) is 7.12. The third-order valence-electron chi connectivity index (χ3n) is 4.58. The van der Waals surface area contributed by atoms with Gasteiger partial charge < -0.3 is 14.2 Å². The summed E-state index contributed by atoms with van der Waals surface area (Å²) in [6.07, 6.45) is 1.60. The van der Waals surface area contributed by atoms with Gasteiger partial charge in [-0.05, 0) is 61.4 Å². The molecule has 3 aromatic rings. The zero-order valence-electron chi connectivity index (χ0n) is 18.8. The maximum Gasteiger partial charge on any atom is 0.164 e. The Hall–Kier alpha value is -3.96. The molecule has 0 saturated carbocycles. The van der Waals surface area contributed by atoms with Gasteiger partial charge in [-0.2, -0.15) is 10.4 Å². The minimum Gasteiger partial charge on any atom is -0.490 e. The second-order valence-electron chi connectivity index (χ2n) is 7.12. The molecular formula is C25H25FN4O3. The predicted molar refractivity (Wildman–Crippen MR) is 124 cm³/mol. The third kappa shape index (κ3) is 6.51. The number of nitrogens with zero attached hydrogens (tertiary/aromatic N) is 3. The second kappa shape index (κ2) is 11.6. The van der Waals surface area contributed by atoms with E-state index in [4.69, 9.17) is 14.2 Å². The number of nitriles is 1. The maximum absolute atomic E-state index is 13.4. The Morgan fingerprint density at radius 1 is 1.12 bits per heavy atom. The van der Waals surface area contributed by atoms with Gasteiger partial charge in [0.25, 0.3) is 0 Å². The molecule has 0 atom stereocenters. The highest BCUT2D eigenvalue weighted by Crippen LogP contribution is 2.29. The monoisotopic (exact) mass is 448 g/mol. The molecule has 170 valence electrons. The number of benzene rings is 2. The molecule has 0 unspecified atom stereocenters. The molecule has 0 spiro atoms. The van der Waals surface area contributed by atoms with E-state index in [-0.39, 0.29) is 12.4 Å². The molecule has 1 N–H and O–H groups in total. The summed E-state index contributed by atoms with van der Waals surface area (Å²) in [6, 6.07) is 15.6. The Morgan fingerprint density at radius 3 is 2.70 bits per heavy atom. The lowest BCUT2D eigenvalue weighted by Gasteiger charge is -2.13. The molecule has 0 saturated heterocycles. The van der Waals surface area contributed by atoms with Gasteiger partial charge >= 0.3 is 0 Å². The Balaban J connectivity index is 1.75. The van der Waals surface area contributed by atoms with Gasteiger partial charge in [-0.15, -0.1) is 0 Å². The van der Waals surface area contributed by atoms with Crippen LogP contribution in [-0.4, -0.2) is 24.9 Å². The van der Waals surface area contributed by atoms with Crippen LogP contribution in [0.1, 0.15) is 34.9 Å². The summed E-state index contributed by atoms with van der Waals surface area (Å²) in [5, 5.41) is 13.7. The van der Waals surface area contributed by atoms with Gasteiger partial charge in [-0.1, -0.05) is 12.1 Å². The van der Waals surface area contributed by atoms with Gasteiger partial charge in [0.2, 0.25) is 0 Å². The van der Waals surface area contributed by atoms with E-state index in [0.717, 1.165) is 22.4 Å². The van der Waals surface area contributed by atoms with Gasteiger partial charge in [0, 0.05) is 18.4 Å². The highest BCUT2D eigenvalue weighted by molar-refractivity contribution is 5.81. The van der Waals surface area contributed by atoms with E-state index in [1.54, 1.807) is 37.6 Å². The molecular weight excluding hydrogens is 423 g/mol. The molecule has 0 aliphatic carbocycles. The number of rotatable bonds is 10. The minimum atomic E-state index is -0.308. The Morgan fingerprint density at radius 2 is 1.97 bits per heavy atom. The summed E-state index contributed by atoms with van der Waals surface area (Å²) in [7, 11) is 1.57. The van der Waals surface area contributed by atoms with Crippen molar-refractivity contribution in [2.75, 3.05) is 19.1 Å². The summed E-state index contributed by atoms with van der Waals surface area (Å²) in [5.74, 6) is 1.15. The van der Waals surface area contributed by atoms with Crippen molar-refractivity contribution in [3.63, 3.8) is 0 Å². The van der Waals surface area contributed by atoms with Gasteiger partial charge in [0.15, 0.2) is 17.3 Å². The van der Waals surface area contributed by atoms with Crippen LogP contribution < -0.4 is 14.9 Å². The summed E-state index contributed by atoms with van der Waals surface area (Å²) >= 11 is 0. The lowest BCUT2D eigenvalue weighted by molar-refractivity contribution is 0.184. The number of nitrogens with one attached hydrogen (secondary N) is 1. The van der Waals surface area contributed by atoms with E-state index in [1.807, 2.05) is 26.0 Å². The fourth-order valence-electron chi connectivity index (χ4n) is 3.16. The number of aryl methyl sites for hydroxylation is 1. The molecule has 3 rings (SSSR count). The first-order chi connectivity index (χ1) is 16.0. The van der Waals surface area contributed by atoms with Crippen molar-refractivity contribution in [2.24, 2.45) is 5.10 Å². The molecule has 8 heteroatoms. The first-order valence-electron chi connectivity index (χ1n) is 10.4. The predicted octanol–water partition coefficient (Wildman–Crippen LogP) is 4.97. The van der Waals surface area contributed by atoms with E-state index < -0.39 is 0 Å². The average Bonchev–Trinajstić information content (AvgIpc) is 2.79. The number of aromatic nitrogens is 1. The molecule has 1 aromatic heterocycles. The van der Waals surface area contributed by atoms with E-state index in [2.05, 4.69) is 21.6 Å². The van der Waals surface area contributed by atoms with Gasteiger partial charge in [0.05, 0.1) is 19.4 Å². The van der Waals surface area contributed by atoms with E-state index >= 15 is 0 Å². The number of hydrogen-bond donors (Lipinski definition) is 1. The lowest BCUT2D eigenvalue weighted by atomic mass is 10.1. The maximum atomic E-state index is 13.4. The van der Waals surface area contributed by atoms with Crippen molar-refractivity contribution in [1.82, 2.24) is 4.98 Å². The summed E-state index contributed by atoms with van der Waals surface area (Å²) in [5.41, 5.74) is 6.19.